The quantitative estimate of drug-likeness (QED) is 0.308. The highest BCUT2D eigenvalue weighted by Gasteiger charge is 2.17. The standard InChI is InChI=1S/C27H17N3S/c1-3-7-26-20(4-2)23-13-22-21-8-5-6-9-24(21)30(25(22)14-27(23)31-26)19-11-17(15-28)10-18(12-19)16-29/h3-14H,2H2,1H3/b7-3-. The summed E-state index contributed by atoms with van der Waals surface area (Å²) in [5.74, 6) is 0. The fraction of sp³-hybridized carbons (Fsp3) is 0.0370. The molecule has 2 heterocycles. The zero-order chi connectivity index (χ0) is 21.5. The average Bonchev–Trinajstić information content (AvgIpc) is 3.31. The number of nitriles is 2. The van der Waals surface area contributed by atoms with Gasteiger partial charge >= 0.3 is 0 Å². The lowest BCUT2D eigenvalue weighted by molar-refractivity contribution is 1.17. The summed E-state index contributed by atoms with van der Waals surface area (Å²) in [5, 5.41) is 22.4. The first-order valence-corrected chi connectivity index (χ1v) is 10.7. The first-order valence-electron chi connectivity index (χ1n) is 9.89. The van der Waals surface area contributed by atoms with E-state index < -0.39 is 0 Å². The minimum Gasteiger partial charge on any atom is -0.309 e. The molecule has 0 unspecified atom stereocenters. The van der Waals surface area contributed by atoms with E-state index in [0.717, 1.165) is 33.1 Å². The molecule has 0 N–H and O–H groups in total. The summed E-state index contributed by atoms with van der Waals surface area (Å²) in [7, 11) is 0. The Morgan fingerprint density at radius 2 is 1.65 bits per heavy atom. The molecule has 0 radical (unpaired) electrons. The Labute approximate surface area is 184 Å². The van der Waals surface area contributed by atoms with Crippen molar-refractivity contribution in [2.45, 2.75) is 6.92 Å². The Morgan fingerprint density at radius 1 is 0.903 bits per heavy atom. The van der Waals surface area contributed by atoms with Crippen molar-refractivity contribution in [2.24, 2.45) is 0 Å². The molecule has 0 aliphatic carbocycles. The number of para-hydroxylation sites is 1. The van der Waals surface area contributed by atoms with E-state index >= 15 is 0 Å². The van der Waals surface area contributed by atoms with Gasteiger partial charge in [-0.2, -0.15) is 10.5 Å². The van der Waals surface area contributed by atoms with Crippen LogP contribution in [0.2, 0.25) is 0 Å². The third-order valence-corrected chi connectivity index (χ3v) is 6.64. The second-order valence-electron chi connectivity index (χ2n) is 7.29. The van der Waals surface area contributed by atoms with Crippen molar-refractivity contribution < 1.29 is 0 Å². The molecular formula is C27H17N3S. The molecule has 146 valence electrons. The van der Waals surface area contributed by atoms with E-state index in [1.165, 1.54) is 15.0 Å². The van der Waals surface area contributed by atoms with Crippen LogP contribution in [0.5, 0.6) is 0 Å². The van der Waals surface area contributed by atoms with E-state index in [0.29, 0.717) is 11.1 Å². The highest BCUT2D eigenvalue weighted by atomic mass is 32.1. The molecule has 5 aromatic rings. The van der Waals surface area contributed by atoms with E-state index in [1.807, 2.05) is 43.3 Å². The molecular weight excluding hydrogens is 398 g/mol. The monoisotopic (exact) mass is 415 g/mol. The smallest absolute Gasteiger partial charge is 0.0992 e. The molecule has 5 rings (SSSR count). The second-order valence-corrected chi connectivity index (χ2v) is 8.38. The van der Waals surface area contributed by atoms with Gasteiger partial charge in [-0.05, 0) is 55.0 Å². The van der Waals surface area contributed by atoms with Gasteiger partial charge in [0.1, 0.15) is 0 Å². The van der Waals surface area contributed by atoms with Gasteiger partial charge in [0, 0.05) is 31.4 Å². The van der Waals surface area contributed by atoms with Crippen LogP contribution in [-0.2, 0) is 0 Å². The molecule has 2 aromatic heterocycles. The molecule has 4 heteroatoms. The van der Waals surface area contributed by atoms with Crippen LogP contribution < -0.4 is 0 Å². The Balaban J connectivity index is 1.95. The predicted molar refractivity (Wildman–Crippen MR) is 130 cm³/mol. The highest BCUT2D eigenvalue weighted by Crippen LogP contribution is 2.40. The average molecular weight is 416 g/mol. The van der Waals surface area contributed by atoms with Crippen molar-refractivity contribution in [3.63, 3.8) is 0 Å². The molecule has 0 spiro atoms. The lowest BCUT2D eigenvalue weighted by Gasteiger charge is -2.09. The summed E-state index contributed by atoms with van der Waals surface area (Å²) in [6.45, 7) is 6.05. The van der Waals surface area contributed by atoms with Crippen molar-refractivity contribution in [3.8, 4) is 17.8 Å². The number of allylic oxidation sites excluding steroid dienone is 1. The van der Waals surface area contributed by atoms with Gasteiger partial charge in [-0.15, -0.1) is 11.3 Å². The highest BCUT2D eigenvalue weighted by molar-refractivity contribution is 7.20. The van der Waals surface area contributed by atoms with Crippen LogP contribution >= 0.6 is 11.3 Å². The summed E-state index contributed by atoms with van der Waals surface area (Å²) in [5.41, 5.74) is 5.01. The number of aromatic nitrogens is 1. The lowest BCUT2D eigenvalue weighted by Crippen LogP contribution is -1.96. The van der Waals surface area contributed by atoms with E-state index in [-0.39, 0.29) is 0 Å². The molecule has 0 bridgehead atoms. The molecule has 0 atom stereocenters. The van der Waals surface area contributed by atoms with Crippen LogP contribution in [0.1, 0.15) is 28.5 Å². The van der Waals surface area contributed by atoms with Crippen LogP contribution in [0.4, 0.5) is 0 Å². The summed E-state index contributed by atoms with van der Waals surface area (Å²) in [6.07, 6.45) is 6.09. The first-order chi connectivity index (χ1) is 15.2. The Kier molecular flexibility index (Phi) is 4.44. The summed E-state index contributed by atoms with van der Waals surface area (Å²) >= 11 is 1.74. The zero-order valence-corrected chi connectivity index (χ0v) is 17.7. The van der Waals surface area contributed by atoms with Crippen molar-refractivity contribution in [1.82, 2.24) is 4.57 Å². The minimum absolute atomic E-state index is 0.474. The summed E-state index contributed by atoms with van der Waals surface area (Å²) < 4.78 is 3.32. The Bertz CT molecular complexity index is 1600. The SMILES string of the molecule is C=Cc1c(/C=C\C)sc2cc3c(cc12)c1ccccc1n3-c1cc(C#N)cc(C#N)c1. The number of nitrogens with zero attached hydrogens (tertiary/aromatic N) is 3. The molecule has 3 nitrogen and oxygen atoms in total. The van der Waals surface area contributed by atoms with Gasteiger partial charge in [-0.3, -0.25) is 0 Å². The van der Waals surface area contributed by atoms with Gasteiger partial charge in [-0.1, -0.05) is 36.9 Å². The van der Waals surface area contributed by atoms with E-state index in [9.17, 15) is 10.5 Å². The number of rotatable bonds is 3. The van der Waals surface area contributed by atoms with Gasteiger partial charge in [-0.25, -0.2) is 0 Å². The first kappa shape index (κ1) is 18.9. The van der Waals surface area contributed by atoms with Crippen molar-refractivity contribution in [1.29, 1.82) is 10.5 Å². The number of fused-ring (bicyclic) bond motifs is 4. The molecule has 0 saturated heterocycles. The number of hydrogen-bond acceptors (Lipinski definition) is 3. The van der Waals surface area contributed by atoms with E-state index in [2.05, 4.69) is 53.6 Å². The van der Waals surface area contributed by atoms with Gasteiger partial charge in [0.2, 0.25) is 0 Å². The maximum Gasteiger partial charge on any atom is 0.0992 e. The van der Waals surface area contributed by atoms with Gasteiger partial charge < -0.3 is 4.57 Å². The largest absolute Gasteiger partial charge is 0.309 e. The number of thiophene rings is 1. The molecule has 0 fully saturated rings. The lowest BCUT2D eigenvalue weighted by atomic mass is 10.1. The van der Waals surface area contributed by atoms with Gasteiger partial charge in [0.25, 0.3) is 0 Å². The normalized spacial score (nSPS) is 11.3. The van der Waals surface area contributed by atoms with Crippen molar-refractivity contribution in [3.05, 3.63) is 88.8 Å². The zero-order valence-electron chi connectivity index (χ0n) is 16.9. The maximum absolute atomic E-state index is 9.48. The van der Waals surface area contributed by atoms with Crippen molar-refractivity contribution >= 4 is 55.4 Å². The van der Waals surface area contributed by atoms with Crippen LogP contribution in [0, 0.1) is 22.7 Å². The van der Waals surface area contributed by atoms with Crippen molar-refractivity contribution in [2.75, 3.05) is 0 Å². The minimum atomic E-state index is 0.474. The van der Waals surface area contributed by atoms with Crippen LogP contribution in [0.3, 0.4) is 0 Å². The van der Waals surface area contributed by atoms with Gasteiger partial charge in [0.15, 0.2) is 0 Å². The van der Waals surface area contributed by atoms with Crippen LogP contribution in [-0.4, -0.2) is 4.57 Å². The molecule has 0 aliphatic heterocycles. The third kappa shape index (κ3) is 2.86. The number of benzene rings is 3. The van der Waals surface area contributed by atoms with Crippen LogP contribution in [0.25, 0.3) is 49.7 Å². The van der Waals surface area contributed by atoms with E-state index in [4.69, 9.17) is 0 Å². The fourth-order valence-corrected chi connectivity index (χ4v) is 5.42. The summed E-state index contributed by atoms with van der Waals surface area (Å²) in [4.78, 5) is 1.19. The molecule has 31 heavy (non-hydrogen) atoms. The third-order valence-electron chi connectivity index (χ3n) is 5.51. The molecule has 0 aliphatic rings. The fourth-order valence-electron chi connectivity index (χ4n) is 4.23. The predicted octanol–water partition coefficient (Wildman–Crippen LogP) is 7.42. The summed E-state index contributed by atoms with van der Waals surface area (Å²) in [6, 6.07) is 22.4. The van der Waals surface area contributed by atoms with E-state index in [1.54, 1.807) is 17.4 Å². The second kappa shape index (κ2) is 7.29. The topological polar surface area (TPSA) is 52.5 Å². The Hall–Kier alpha value is -4.12. The van der Waals surface area contributed by atoms with Gasteiger partial charge in [0.05, 0.1) is 34.3 Å². The van der Waals surface area contributed by atoms with Crippen LogP contribution in [0.15, 0.2) is 67.3 Å². The number of hydrogen-bond donors (Lipinski definition) is 0. The molecule has 3 aromatic carbocycles. The maximum atomic E-state index is 9.48. The molecule has 0 saturated carbocycles. The Morgan fingerprint density at radius 3 is 2.32 bits per heavy atom. The molecule has 0 amide bonds.